The zero-order valence-electron chi connectivity index (χ0n) is 25.6. The van der Waals surface area contributed by atoms with E-state index in [1.165, 1.54) is 36.0 Å². The van der Waals surface area contributed by atoms with Gasteiger partial charge in [-0.1, -0.05) is 58.0 Å². The van der Waals surface area contributed by atoms with Gasteiger partial charge in [-0.05, 0) is 17.9 Å². The van der Waals surface area contributed by atoms with E-state index >= 15 is 0 Å². The quantitative estimate of drug-likeness (QED) is 0.134. The van der Waals surface area contributed by atoms with E-state index < -0.39 is 0 Å². The average Bonchev–Trinajstić information content (AvgIpc) is 3.42. The molecule has 45 heavy (non-hydrogen) atoms. The summed E-state index contributed by atoms with van der Waals surface area (Å²) in [6.45, 7) is 8.98. The molecule has 0 spiro atoms. The third-order valence-corrected chi connectivity index (χ3v) is 10.6. The van der Waals surface area contributed by atoms with Crippen molar-refractivity contribution in [3.05, 3.63) is 127 Å². The van der Waals surface area contributed by atoms with E-state index in [4.69, 9.17) is 9.97 Å². The summed E-state index contributed by atoms with van der Waals surface area (Å²) < 4.78 is 2.73. The zero-order chi connectivity index (χ0) is 30.4. The standard InChI is InChI=1S/C40H33N2OSe.Pt/c1-24(2)29-15-10-16-30(25(3)4)40(29)28-20-35(42-36(21-28)32-14-5-7-17-37(32)43)27-12-9-11-26(19-27)34-22-33-31-13-6-8-18-38(31)44-39(33)23-41-34;/h5-18,20-25,43H,1-4H3;/q-1;. The first-order chi connectivity index (χ1) is 21.4. The fourth-order valence-electron chi connectivity index (χ4n) is 6.07. The van der Waals surface area contributed by atoms with Gasteiger partial charge >= 0.3 is 185 Å². The van der Waals surface area contributed by atoms with E-state index in [1.807, 2.05) is 24.4 Å². The Morgan fingerprint density at radius 1 is 0.644 bits per heavy atom. The maximum atomic E-state index is 10.9. The molecule has 4 aromatic carbocycles. The first-order valence-corrected chi connectivity index (χ1v) is 16.8. The monoisotopic (exact) mass is 832 g/mol. The van der Waals surface area contributed by atoms with Crippen molar-refractivity contribution in [1.29, 1.82) is 0 Å². The number of nitrogens with zero attached hydrogens (tertiary/aromatic N) is 2. The predicted molar refractivity (Wildman–Crippen MR) is 184 cm³/mol. The Kier molecular flexibility index (Phi) is 8.93. The average molecular weight is 832 g/mol. The van der Waals surface area contributed by atoms with Gasteiger partial charge in [0.25, 0.3) is 0 Å². The molecule has 0 radical (unpaired) electrons. The molecule has 3 aromatic heterocycles. The Balaban J connectivity index is 0.00000357. The molecule has 0 aliphatic rings. The summed E-state index contributed by atoms with van der Waals surface area (Å²) in [6.07, 6.45) is 2.04. The van der Waals surface area contributed by atoms with Crippen LogP contribution in [0.1, 0.15) is 50.7 Å². The number of pyridine rings is 2. The Bertz CT molecular complexity index is 2140. The van der Waals surface area contributed by atoms with Gasteiger partial charge in [0.15, 0.2) is 0 Å². The van der Waals surface area contributed by atoms with Crippen molar-refractivity contribution in [1.82, 2.24) is 9.97 Å². The fraction of sp³-hybridized carbons (Fsp3) is 0.150. The van der Waals surface area contributed by atoms with E-state index in [0.717, 1.165) is 33.8 Å². The van der Waals surface area contributed by atoms with Crippen LogP contribution in [0.3, 0.4) is 0 Å². The maximum Gasteiger partial charge on any atom is 0 e. The molecule has 0 atom stereocenters. The van der Waals surface area contributed by atoms with Crippen molar-refractivity contribution in [2.45, 2.75) is 39.5 Å². The van der Waals surface area contributed by atoms with Gasteiger partial charge in [0.05, 0.1) is 0 Å². The molecule has 0 saturated heterocycles. The van der Waals surface area contributed by atoms with Gasteiger partial charge in [-0.2, -0.15) is 0 Å². The number of aromatic hydroxyl groups is 1. The number of phenols is 1. The molecule has 3 heterocycles. The number of fused-ring (bicyclic) bond motifs is 3. The Labute approximate surface area is 285 Å². The van der Waals surface area contributed by atoms with Crippen LogP contribution in [0.15, 0.2) is 109 Å². The molecule has 0 amide bonds. The second-order valence-electron chi connectivity index (χ2n) is 11.9. The molecule has 0 unspecified atom stereocenters. The number of benzene rings is 4. The van der Waals surface area contributed by atoms with Crippen LogP contribution < -0.4 is 0 Å². The second-order valence-corrected chi connectivity index (χ2v) is 14.2. The predicted octanol–water partition coefficient (Wildman–Crippen LogP) is 10.3. The molecule has 1 N–H and O–H groups in total. The van der Waals surface area contributed by atoms with Gasteiger partial charge in [0.1, 0.15) is 0 Å². The van der Waals surface area contributed by atoms with E-state index in [9.17, 15) is 5.11 Å². The normalized spacial score (nSPS) is 11.4. The Morgan fingerprint density at radius 3 is 2.02 bits per heavy atom. The van der Waals surface area contributed by atoms with Gasteiger partial charge < -0.3 is 5.11 Å². The summed E-state index contributed by atoms with van der Waals surface area (Å²) in [4.78, 5) is 10.00. The number of aromatic nitrogens is 2. The van der Waals surface area contributed by atoms with Gasteiger partial charge in [0, 0.05) is 21.1 Å². The Morgan fingerprint density at radius 2 is 1.29 bits per heavy atom. The van der Waals surface area contributed by atoms with E-state index in [1.54, 1.807) is 6.07 Å². The zero-order valence-corrected chi connectivity index (χ0v) is 29.6. The molecule has 0 saturated carbocycles. The van der Waals surface area contributed by atoms with Crippen LogP contribution in [0.25, 0.3) is 64.2 Å². The van der Waals surface area contributed by atoms with Crippen LogP contribution >= 0.6 is 0 Å². The minimum Gasteiger partial charge on any atom is 0 e. The minimum absolute atomic E-state index is 0. The van der Waals surface area contributed by atoms with Gasteiger partial charge in [-0.25, -0.2) is 0 Å². The van der Waals surface area contributed by atoms with Crippen LogP contribution in [0.5, 0.6) is 5.75 Å². The first kappa shape index (κ1) is 31.2. The van der Waals surface area contributed by atoms with Crippen molar-refractivity contribution < 1.29 is 26.2 Å². The summed E-state index contributed by atoms with van der Waals surface area (Å²) >= 11 is 0.286. The number of phenolic OH excluding ortho intramolecular Hbond substituents is 1. The fourth-order valence-corrected chi connectivity index (χ4v) is 8.29. The van der Waals surface area contributed by atoms with E-state index in [2.05, 4.69) is 113 Å². The smallest absolute Gasteiger partial charge is 0 e. The molecule has 0 aliphatic carbocycles. The summed E-state index contributed by atoms with van der Waals surface area (Å²) in [7, 11) is 0. The largest absolute Gasteiger partial charge is 0 e. The third kappa shape index (κ3) is 5.96. The number of para-hydroxylation sites is 1. The molecular formula is C40H33N2OPtSe-. The van der Waals surface area contributed by atoms with Crippen molar-refractivity contribution >= 4 is 33.8 Å². The molecule has 0 fully saturated rings. The maximum absolute atomic E-state index is 10.9. The number of hydrogen-bond donors (Lipinski definition) is 1. The molecule has 0 bridgehead atoms. The number of hydrogen-bond acceptors (Lipinski definition) is 3. The number of rotatable bonds is 6. The van der Waals surface area contributed by atoms with Crippen LogP contribution in [0.2, 0.25) is 0 Å². The summed E-state index contributed by atoms with van der Waals surface area (Å²) in [5, 5.41) is 13.4. The molecule has 226 valence electrons. The topological polar surface area (TPSA) is 46.0 Å². The second kappa shape index (κ2) is 12.9. The van der Waals surface area contributed by atoms with Crippen molar-refractivity contribution in [2.24, 2.45) is 0 Å². The molecule has 0 aliphatic heterocycles. The molecular weight excluding hydrogens is 798 g/mol. The Hall–Kier alpha value is -3.81. The molecule has 3 nitrogen and oxygen atoms in total. The third-order valence-electron chi connectivity index (χ3n) is 8.28. The first-order valence-electron chi connectivity index (χ1n) is 15.1. The SMILES string of the molecule is CC(C)c1cccc(C(C)C)c1-c1cc(-c2[c-]c(-c3cc4c(cn3)[se]c3ccccc34)ccc2)nc(-c2ccccc2O)c1.[Pt]. The summed E-state index contributed by atoms with van der Waals surface area (Å²) in [6, 6.07) is 39.1. The van der Waals surface area contributed by atoms with Crippen molar-refractivity contribution in [2.75, 3.05) is 0 Å². The van der Waals surface area contributed by atoms with Crippen LogP contribution in [-0.4, -0.2) is 29.6 Å². The van der Waals surface area contributed by atoms with Crippen LogP contribution in [0.4, 0.5) is 0 Å². The van der Waals surface area contributed by atoms with Gasteiger partial charge in [0.2, 0.25) is 0 Å². The van der Waals surface area contributed by atoms with Crippen LogP contribution in [0, 0.1) is 6.07 Å². The molecule has 5 heteroatoms. The summed E-state index contributed by atoms with van der Waals surface area (Å²) in [5.74, 6) is 0.911. The molecule has 7 rings (SSSR count). The van der Waals surface area contributed by atoms with Crippen molar-refractivity contribution in [3.63, 3.8) is 0 Å². The van der Waals surface area contributed by atoms with E-state index in [-0.39, 0.29) is 41.3 Å². The van der Waals surface area contributed by atoms with Crippen LogP contribution in [-0.2, 0) is 21.1 Å². The minimum atomic E-state index is 0. The van der Waals surface area contributed by atoms with Crippen molar-refractivity contribution in [3.8, 4) is 50.6 Å². The molecule has 7 aromatic rings. The van der Waals surface area contributed by atoms with E-state index in [0.29, 0.717) is 17.4 Å². The van der Waals surface area contributed by atoms with Gasteiger partial charge in [-0.3, -0.25) is 0 Å². The summed E-state index contributed by atoms with van der Waals surface area (Å²) in [5.41, 5.74) is 9.93. The van der Waals surface area contributed by atoms with Gasteiger partial charge in [-0.15, -0.1) is 0 Å².